The van der Waals surface area contributed by atoms with Crippen LogP contribution in [0.2, 0.25) is 10.0 Å². The van der Waals surface area contributed by atoms with Gasteiger partial charge in [-0.25, -0.2) is 9.79 Å². The van der Waals surface area contributed by atoms with Crippen LogP contribution in [0.4, 0.5) is 0 Å². The van der Waals surface area contributed by atoms with Gasteiger partial charge in [-0.15, -0.1) is 0 Å². The first-order valence-corrected chi connectivity index (χ1v) is 12.6. The van der Waals surface area contributed by atoms with E-state index in [1.165, 1.54) is 15.9 Å². The number of thiazole rings is 1. The third-order valence-corrected chi connectivity index (χ3v) is 7.71. The Morgan fingerprint density at radius 3 is 2.74 bits per heavy atom. The molecule has 0 radical (unpaired) electrons. The standard InChI is InChI=1S/C24H19BrCl2N2O4S/c1-4-33-23(31)19-12(2)28-24-29(21(19)14-8-9-17(32-3)15(25)10-14)22(30)18(34-24)11-13-6-5-7-16(26)20(13)27/h5-11,21H,4H2,1-3H3/b18-11+/t21-/m1/s1. The van der Waals surface area contributed by atoms with Gasteiger partial charge in [0.2, 0.25) is 0 Å². The number of benzene rings is 2. The maximum atomic E-state index is 13.6. The number of hydrogen-bond donors (Lipinski definition) is 0. The smallest absolute Gasteiger partial charge is 0.338 e. The summed E-state index contributed by atoms with van der Waals surface area (Å²) in [6, 6.07) is 9.91. The molecule has 0 bridgehead atoms. The first-order chi connectivity index (χ1) is 16.3. The number of carbonyl (C=O) groups excluding carboxylic acids is 1. The topological polar surface area (TPSA) is 69.9 Å². The van der Waals surface area contributed by atoms with Gasteiger partial charge in [-0.3, -0.25) is 9.36 Å². The summed E-state index contributed by atoms with van der Waals surface area (Å²) in [6.45, 7) is 3.67. The van der Waals surface area contributed by atoms with E-state index in [2.05, 4.69) is 20.9 Å². The maximum Gasteiger partial charge on any atom is 0.338 e. The van der Waals surface area contributed by atoms with Gasteiger partial charge in [-0.2, -0.15) is 0 Å². The minimum Gasteiger partial charge on any atom is -0.496 e. The van der Waals surface area contributed by atoms with E-state index in [1.54, 1.807) is 51.3 Å². The Balaban J connectivity index is 1.98. The average molecular weight is 582 g/mol. The number of halogens is 3. The molecule has 0 fully saturated rings. The zero-order valence-corrected chi connectivity index (χ0v) is 22.3. The molecule has 6 nitrogen and oxygen atoms in total. The summed E-state index contributed by atoms with van der Waals surface area (Å²) < 4.78 is 13.3. The minimum atomic E-state index is -0.727. The molecule has 1 aliphatic rings. The maximum absolute atomic E-state index is 13.6. The van der Waals surface area contributed by atoms with Crippen LogP contribution in [0, 0.1) is 0 Å². The third-order valence-electron chi connectivity index (χ3n) is 5.28. The van der Waals surface area contributed by atoms with Gasteiger partial charge in [0, 0.05) is 0 Å². The van der Waals surface area contributed by atoms with Crippen molar-refractivity contribution < 1.29 is 14.3 Å². The lowest BCUT2D eigenvalue weighted by Crippen LogP contribution is -2.40. The second-order valence-electron chi connectivity index (χ2n) is 7.34. The van der Waals surface area contributed by atoms with Crippen molar-refractivity contribution in [1.82, 2.24) is 4.57 Å². The summed E-state index contributed by atoms with van der Waals surface area (Å²) >= 11 is 17.2. The van der Waals surface area contributed by atoms with Crippen LogP contribution in [0.25, 0.3) is 6.08 Å². The van der Waals surface area contributed by atoms with Gasteiger partial charge >= 0.3 is 5.97 Å². The predicted molar refractivity (Wildman–Crippen MR) is 138 cm³/mol. The van der Waals surface area contributed by atoms with E-state index < -0.39 is 12.0 Å². The molecule has 0 spiro atoms. The molecule has 34 heavy (non-hydrogen) atoms. The van der Waals surface area contributed by atoms with Crippen molar-refractivity contribution in [2.75, 3.05) is 13.7 Å². The Kier molecular flexibility index (Phi) is 7.33. The van der Waals surface area contributed by atoms with Crippen LogP contribution in [0.3, 0.4) is 0 Å². The SMILES string of the molecule is CCOC(=O)C1=C(C)N=c2s/c(=C/c3cccc(Cl)c3Cl)c(=O)n2[C@@H]1c1ccc(OC)c(Br)c1. The molecule has 3 aromatic rings. The first-order valence-electron chi connectivity index (χ1n) is 10.2. The van der Waals surface area contributed by atoms with E-state index in [-0.39, 0.29) is 12.2 Å². The predicted octanol–water partition coefficient (Wildman–Crippen LogP) is 4.88. The van der Waals surface area contributed by atoms with Crippen LogP contribution in [0.15, 0.2) is 61.9 Å². The Bertz CT molecular complexity index is 1510. The molecular formula is C24H19BrCl2N2O4S. The van der Waals surface area contributed by atoms with E-state index in [0.29, 0.717) is 52.0 Å². The number of esters is 1. The molecule has 1 aromatic heterocycles. The Hall–Kier alpha value is -2.39. The first kappa shape index (κ1) is 24.7. The van der Waals surface area contributed by atoms with E-state index in [9.17, 15) is 9.59 Å². The molecule has 0 saturated carbocycles. The lowest BCUT2D eigenvalue weighted by atomic mass is 9.96. The van der Waals surface area contributed by atoms with Crippen LogP contribution >= 0.6 is 50.5 Å². The molecule has 0 unspecified atom stereocenters. The number of nitrogens with zero attached hydrogens (tertiary/aromatic N) is 2. The van der Waals surface area contributed by atoms with Crippen molar-refractivity contribution in [1.29, 1.82) is 0 Å². The van der Waals surface area contributed by atoms with Crippen LogP contribution in [-0.4, -0.2) is 24.3 Å². The highest BCUT2D eigenvalue weighted by Crippen LogP contribution is 2.35. The van der Waals surface area contributed by atoms with Crippen molar-refractivity contribution in [3.8, 4) is 5.75 Å². The van der Waals surface area contributed by atoms with Crippen molar-refractivity contribution >= 4 is 62.5 Å². The molecule has 1 aliphatic heterocycles. The summed E-state index contributed by atoms with van der Waals surface area (Å²) in [5.41, 5.74) is 1.82. The van der Waals surface area contributed by atoms with E-state index in [1.807, 2.05) is 12.1 Å². The Morgan fingerprint density at radius 2 is 2.06 bits per heavy atom. The molecule has 0 amide bonds. The van der Waals surface area contributed by atoms with Crippen molar-refractivity contribution in [2.24, 2.45) is 4.99 Å². The van der Waals surface area contributed by atoms with Crippen LogP contribution in [-0.2, 0) is 9.53 Å². The molecule has 2 aromatic carbocycles. The van der Waals surface area contributed by atoms with E-state index >= 15 is 0 Å². The van der Waals surface area contributed by atoms with E-state index in [0.717, 1.165) is 0 Å². The van der Waals surface area contributed by atoms with Gasteiger partial charge in [0.15, 0.2) is 4.80 Å². The normalized spacial score (nSPS) is 15.7. The number of ether oxygens (including phenoxy) is 2. The quantitative estimate of drug-likeness (QED) is 0.403. The number of fused-ring (bicyclic) bond motifs is 1. The van der Waals surface area contributed by atoms with Crippen LogP contribution in [0.1, 0.15) is 31.0 Å². The van der Waals surface area contributed by atoms with Crippen LogP contribution in [0.5, 0.6) is 5.75 Å². The lowest BCUT2D eigenvalue weighted by molar-refractivity contribution is -0.139. The van der Waals surface area contributed by atoms with E-state index in [4.69, 9.17) is 32.7 Å². The molecular weight excluding hydrogens is 563 g/mol. The second-order valence-corrected chi connectivity index (χ2v) is 9.99. The average Bonchev–Trinajstić information content (AvgIpc) is 3.10. The fourth-order valence-corrected chi connectivity index (χ4v) is 5.69. The van der Waals surface area contributed by atoms with Gasteiger partial charge in [-0.1, -0.05) is 52.7 Å². The van der Waals surface area contributed by atoms with Gasteiger partial charge in [-0.05, 0) is 65.2 Å². The lowest BCUT2D eigenvalue weighted by Gasteiger charge is -2.25. The Labute approximate surface area is 217 Å². The number of carbonyl (C=O) groups is 1. The van der Waals surface area contributed by atoms with Gasteiger partial charge in [0.1, 0.15) is 5.75 Å². The molecule has 1 atom stereocenters. The zero-order chi connectivity index (χ0) is 24.6. The Morgan fingerprint density at radius 1 is 1.29 bits per heavy atom. The summed E-state index contributed by atoms with van der Waals surface area (Å²) in [5.74, 6) is 0.109. The largest absolute Gasteiger partial charge is 0.496 e. The molecule has 0 saturated heterocycles. The van der Waals surface area contributed by atoms with Crippen LogP contribution < -0.4 is 19.6 Å². The number of allylic oxidation sites excluding steroid dienone is 1. The number of rotatable bonds is 5. The van der Waals surface area contributed by atoms with Crippen molar-refractivity contribution in [2.45, 2.75) is 19.9 Å². The third kappa shape index (κ3) is 4.47. The number of hydrogen-bond acceptors (Lipinski definition) is 6. The second kappa shape index (κ2) is 10.1. The highest BCUT2D eigenvalue weighted by atomic mass is 79.9. The molecule has 0 aliphatic carbocycles. The zero-order valence-electron chi connectivity index (χ0n) is 18.4. The molecule has 10 heteroatoms. The summed E-state index contributed by atoms with van der Waals surface area (Å²) in [7, 11) is 1.57. The highest BCUT2D eigenvalue weighted by molar-refractivity contribution is 9.10. The molecule has 176 valence electrons. The minimum absolute atomic E-state index is 0.201. The number of methoxy groups -OCH3 is 1. The van der Waals surface area contributed by atoms with Gasteiger partial charge < -0.3 is 9.47 Å². The summed E-state index contributed by atoms with van der Waals surface area (Å²) in [4.78, 5) is 31.6. The molecule has 0 N–H and O–H groups in total. The monoisotopic (exact) mass is 580 g/mol. The molecule has 4 rings (SSSR count). The van der Waals surface area contributed by atoms with Crippen molar-refractivity contribution in [3.63, 3.8) is 0 Å². The number of aromatic nitrogens is 1. The van der Waals surface area contributed by atoms with Crippen molar-refractivity contribution in [3.05, 3.63) is 93.0 Å². The van der Waals surface area contributed by atoms with Gasteiger partial charge in [0.25, 0.3) is 5.56 Å². The fourth-order valence-electron chi connectivity index (χ4n) is 3.73. The summed E-state index contributed by atoms with van der Waals surface area (Å²) in [5, 5.41) is 0.749. The summed E-state index contributed by atoms with van der Waals surface area (Å²) in [6.07, 6.45) is 1.68. The highest BCUT2D eigenvalue weighted by Gasteiger charge is 2.33. The molecule has 2 heterocycles. The van der Waals surface area contributed by atoms with Gasteiger partial charge in [0.05, 0.1) is 50.1 Å². The fraction of sp³-hybridized carbons (Fsp3) is 0.208.